The number of fused-ring (bicyclic) bond motifs is 3. The SMILES string of the molecule is CN(C(=O)CSc1nc2sc3c(c2c(=O)[nH]1)CCCC3)c1c(N)n(Cc2ccccc2)c(=O)[nH]c1=O. The molecular formula is C24H24N6O4S2. The second-order valence-electron chi connectivity index (χ2n) is 8.57. The third kappa shape index (κ3) is 4.49. The largest absolute Gasteiger partial charge is 0.383 e. The predicted octanol–water partition coefficient (Wildman–Crippen LogP) is 2.10. The Morgan fingerprint density at radius 1 is 1.14 bits per heavy atom. The standard InChI is InChI=1S/C24H24N6O4S2/c1-29(18-19(25)30(24(34)27-21(18)33)11-13-7-3-2-4-8-13)16(31)12-35-23-26-20(32)17-14-9-5-6-10-15(14)36-22(17)28-23/h2-4,7-8H,5-6,9-12,25H2,1H3,(H,26,28,32)(H,27,33,34). The zero-order valence-electron chi connectivity index (χ0n) is 19.5. The van der Waals surface area contributed by atoms with Crippen molar-refractivity contribution in [1.82, 2.24) is 19.5 Å². The van der Waals surface area contributed by atoms with Gasteiger partial charge >= 0.3 is 5.69 Å². The van der Waals surface area contributed by atoms with Crippen molar-refractivity contribution in [3.8, 4) is 0 Å². The quantitative estimate of drug-likeness (QED) is 0.258. The van der Waals surface area contributed by atoms with Crippen molar-refractivity contribution in [2.45, 2.75) is 37.4 Å². The molecule has 186 valence electrons. The molecule has 0 saturated heterocycles. The second kappa shape index (κ2) is 9.78. The van der Waals surface area contributed by atoms with Gasteiger partial charge < -0.3 is 15.6 Å². The van der Waals surface area contributed by atoms with Crippen LogP contribution >= 0.6 is 23.1 Å². The zero-order valence-corrected chi connectivity index (χ0v) is 21.1. The second-order valence-corrected chi connectivity index (χ2v) is 10.6. The first-order valence-electron chi connectivity index (χ1n) is 11.4. The van der Waals surface area contributed by atoms with Crippen LogP contribution in [0.4, 0.5) is 11.5 Å². The number of nitrogens with one attached hydrogen (secondary N) is 2. The lowest BCUT2D eigenvalue weighted by Crippen LogP contribution is -2.40. The van der Waals surface area contributed by atoms with Gasteiger partial charge in [-0.15, -0.1) is 11.3 Å². The molecule has 0 bridgehead atoms. The number of aromatic amines is 2. The Labute approximate surface area is 213 Å². The Balaban J connectivity index is 1.37. The van der Waals surface area contributed by atoms with Crippen molar-refractivity contribution in [3.05, 3.63) is 77.5 Å². The number of carbonyl (C=O) groups excluding carboxylic acids is 1. The highest BCUT2D eigenvalue weighted by molar-refractivity contribution is 7.99. The molecule has 0 radical (unpaired) electrons. The molecule has 0 unspecified atom stereocenters. The van der Waals surface area contributed by atoms with Gasteiger partial charge in [0.1, 0.15) is 10.6 Å². The lowest BCUT2D eigenvalue weighted by atomic mass is 9.97. The van der Waals surface area contributed by atoms with Crippen LogP contribution in [0.1, 0.15) is 28.8 Å². The summed E-state index contributed by atoms with van der Waals surface area (Å²) in [5.74, 6) is -0.631. The van der Waals surface area contributed by atoms with Gasteiger partial charge in [0.05, 0.1) is 17.7 Å². The van der Waals surface area contributed by atoms with Crippen molar-refractivity contribution in [2.75, 3.05) is 23.4 Å². The van der Waals surface area contributed by atoms with Crippen LogP contribution in [0.15, 0.2) is 49.9 Å². The van der Waals surface area contributed by atoms with E-state index < -0.39 is 17.2 Å². The van der Waals surface area contributed by atoms with E-state index in [4.69, 9.17) is 5.73 Å². The molecular weight excluding hydrogens is 500 g/mol. The highest BCUT2D eigenvalue weighted by atomic mass is 32.2. The van der Waals surface area contributed by atoms with Gasteiger partial charge in [-0.2, -0.15) is 0 Å². The van der Waals surface area contributed by atoms with E-state index in [0.717, 1.165) is 53.5 Å². The minimum atomic E-state index is -0.750. The zero-order chi connectivity index (χ0) is 25.4. The van der Waals surface area contributed by atoms with E-state index in [-0.39, 0.29) is 29.4 Å². The molecule has 36 heavy (non-hydrogen) atoms. The Kier molecular flexibility index (Phi) is 6.54. The summed E-state index contributed by atoms with van der Waals surface area (Å²) in [6, 6.07) is 9.17. The Hall–Kier alpha value is -3.64. The molecule has 3 aromatic heterocycles. The van der Waals surface area contributed by atoms with Gasteiger partial charge in [-0.1, -0.05) is 42.1 Å². The number of hydrogen-bond acceptors (Lipinski definition) is 8. The Bertz CT molecular complexity index is 1640. The van der Waals surface area contributed by atoms with Crippen LogP contribution in [-0.2, 0) is 24.2 Å². The normalized spacial score (nSPS) is 13.0. The van der Waals surface area contributed by atoms with Gasteiger partial charge in [0.2, 0.25) is 5.91 Å². The fourth-order valence-corrected chi connectivity index (χ4v) is 6.48. The number of thioether (sulfide) groups is 1. The average molecular weight is 525 g/mol. The summed E-state index contributed by atoms with van der Waals surface area (Å²) in [6.45, 7) is 0.141. The van der Waals surface area contributed by atoms with Crippen molar-refractivity contribution in [3.63, 3.8) is 0 Å². The lowest BCUT2D eigenvalue weighted by Gasteiger charge is -2.20. The molecule has 4 N–H and O–H groups in total. The van der Waals surface area contributed by atoms with Crippen LogP contribution in [0.3, 0.4) is 0 Å². The van der Waals surface area contributed by atoms with Crippen LogP contribution in [-0.4, -0.2) is 38.2 Å². The van der Waals surface area contributed by atoms with E-state index >= 15 is 0 Å². The number of aryl methyl sites for hydroxylation is 2. The Morgan fingerprint density at radius 2 is 1.89 bits per heavy atom. The summed E-state index contributed by atoms with van der Waals surface area (Å²) in [5, 5.41) is 0.992. The highest BCUT2D eigenvalue weighted by Crippen LogP contribution is 2.34. The van der Waals surface area contributed by atoms with Crippen molar-refractivity contribution in [2.24, 2.45) is 0 Å². The van der Waals surface area contributed by atoms with Gasteiger partial charge in [-0.05, 0) is 36.8 Å². The predicted molar refractivity (Wildman–Crippen MR) is 142 cm³/mol. The van der Waals surface area contributed by atoms with Crippen LogP contribution in [0.2, 0.25) is 0 Å². The molecule has 0 spiro atoms. The number of benzene rings is 1. The van der Waals surface area contributed by atoms with E-state index in [1.54, 1.807) is 0 Å². The molecule has 3 heterocycles. The monoisotopic (exact) mass is 524 g/mol. The summed E-state index contributed by atoms with van der Waals surface area (Å²) in [5.41, 5.74) is 6.39. The van der Waals surface area contributed by atoms with E-state index in [0.29, 0.717) is 15.4 Å². The number of amides is 1. The summed E-state index contributed by atoms with van der Waals surface area (Å²) < 4.78 is 1.22. The topological polar surface area (TPSA) is 147 Å². The number of rotatable bonds is 6. The molecule has 0 saturated carbocycles. The van der Waals surface area contributed by atoms with Gasteiger partial charge in [-0.3, -0.25) is 23.9 Å². The molecule has 0 atom stereocenters. The summed E-state index contributed by atoms with van der Waals surface area (Å²) in [7, 11) is 1.42. The molecule has 1 aromatic carbocycles. The van der Waals surface area contributed by atoms with Gasteiger partial charge in [0, 0.05) is 11.9 Å². The molecule has 5 rings (SSSR count). The molecule has 12 heteroatoms. The number of carbonyl (C=O) groups is 1. The van der Waals surface area contributed by atoms with Gasteiger partial charge in [-0.25, -0.2) is 9.78 Å². The summed E-state index contributed by atoms with van der Waals surface area (Å²) in [4.78, 5) is 63.3. The number of H-pyrrole nitrogens is 2. The van der Waals surface area contributed by atoms with Crippen LogP contribution in [0.5, 0.6) is 0 Å². The molecule has 1 aliphatic carbocycles. The molecule has 1 amide bonds. The number of nitrogens with zero attached hydrogens (tertiary/aromatic N) is 3. The van der Waals surface area contributed by atoms with Crippen molar-refractivity contribution in [1.29, 1.82) is 0 Å². The third-order valence-electron chi connectivity index (χ3n) is 6.24. The van der Waals surface area contributed by atoms with Gasteiger partial charge in [0.15, 0.2) is 10.8 Å². The minimum Gasteiger partial charge on any atom is -0.383 e. The summed E-state index contributed by atoms with van der Waals surface area (Å²) >= 11 is 2.61. The first-order chi connectivity index (χ1) is 17.3. The van der Waals surface area contributed by atoms with Crippen LogP contribution in [0.25, 0.3) is 10.2 Å². The highest BCUT2D eigenvalue weighted by Gasteiger charge is 2.23. The van der Waals surface area contributed by atoms with Gasteiger partial charge in [0.25, 0.3) is 11.1 Å². The maximum atomic E-state index is 13.0. The first-order valence-corrected chi connectivity index (χ1v) is 13.2. The van der Waals surface area contributed by atoms with Crippen molar-refractivity contribution < 1.29 is 4.79 Å². The van der Waals surface area contributed by atoms with E-state index in [1.165, 1.54) is 27.8 Å². The molecule has 0 aliphatic heterocycles. The first kappa shape index (κ1) is 24.1. The number of anilines is 2. The number of nitrogen functional groups attached to an aromatic ring is 1. The minimum absolute atomic E-state index is 0.0905. The molecule has 4 aromatic rings. The number of hydrogen-bond donors (Lipinski definition) is 3. The smallest absolute Gasteiger partial charge is 0.330 e. The third-order valence-corrected chi connectivity index (χ3v) is 8.29. The lowest BCUT2D eigenvalue weighted by molar-refractivity contribution is -0.115. The average Bonchev–Trinajstić information content (AvgIpc) is 3.24. The Morgan fingerprint density at radius 3 is 2.67 bits per heavy atom. The van der Waals surface area contributed by atoms with Crippen LogP contribution in [0, 0.1) is 0 Å². The van der Waals surface area contributed by atoms with E-state index in [9.17, 15) is 19.2 Å². The molecule has 1 aliphatic rings. The molecule has 10 nitrogen and oxygen atoms in total. The fraction of sp³-hybridized carbons (Fsp3) is 0.292. The summed E-state index contributed by atoms with van der Waals surface area (Å²) in [6.07, 6.45) is 4.03. The number of aromatic nitrogens is 4. The van der Waals surface area contributed by atoms with Crippen molar-refractivity contribution >= 4 is 50.7 Å². The van der Waals surface area contributed by atoms with E-state index in [1.807, 2.05) is 30.3 Å². The molecule has 0 fully saturated rings. The maximum absolute atomic E-state index is 13.0. The number of nitrogens with two attached hydrogens (primary N) is 1. The van der Waals surface area contributed by atoms with Crippen LogP contribution < -0.4 is 27.4 Å². The van der Waals surface area contributed by atoms with E-state index in [2.05, 4.69) is 15.0 Å². The maximum Gasteiger partial charge on any atom is 0.330 e. The fourth-order valence-electron chi connectivity index (χ4n) is 4.39. The number of thiophene rings is 1.